The first-order valence-electron chi connectivity index (χ1n) is 7.99. The molecule has 0 amide bonds. The fourth-order valence-corrected chi connectivity index (χ4v) is 3.71. The van der Waals surface area contributed by atoms with Gasteiger partial charge in [0.15, 0.2) is 5.69 Å². The Morgan fingerprint density at radius 3 is 3.04 bits per heavy atom. The van der Waals surface area contributed by atoms with E-state index in [-0.39, 0.29) is 6.04 Å². The number of imidazole rings is 1. The maximum atomic E-state index is 9.58. The van der Waals surface area contributed by atoms with E-state index in [9.17, 15) is 5.26 Å². The van der Waals surface area contributed by atoms with E-state index in [1.165, 1.54) is 0 Å². The number of hydrogen-bond acceptors (Lipinski definition) is 5. The molecule has 0 saturated heterocycles. The highest BCUT2D eigenvalue weighted by molar-refractivity contribution is 6.01. The Kier molecular flexibility index (Phi) is 2.71. The Bertz CT molecular complexity index is 1210. The Balaban J connectivity index is 1.71. The zero-order valence-electron chi connectivity index (χ0n) is 13.1. The Hall–Kier alpha value is -3.65. The van der Waals surface area contributed by atoms with Gasteiger partial charge in [0.05, 0.1) is 24.3 Å². The summed E-state index contributed by atoms with van der Waals surface area (Å²) in [6.07, 6.45) is 5.21. The van der Waals surface area contributed by atoms with Gasteiger partial charge >= 0.3 is 0 Å². The number of pyridine rings is 1. The second-order valence-electron chi connectivity index (χ2n) is 6.16. The van der Waals surface area contributed by atoms with E-state index in [1.807, 2.05) is 27.6 Å². The van der Waals surface area contributed by atoms with Gasteiger partial charge in [0.1, 0.15) is 23.3 Å². The summed E-state index contributed by atoms with van der Waals surface area (Å²) in [7, 11) is 0. The summed E-state index contributed by atoms with van der Waals surface area (Å²) < 4.78 is 3.87. The predicted octanol–water partition coefficient (Wildman–Crippen LogP) is 2.04. The van der Waals surface area contributed by atoms with Gasteiger partial charge < -0.3 is 9.55 Å². The number of nitriles is 2. The molecule has 0 aliphatic carbocycles. The molecule has 0 bridgehead atoms. The lowest BCUT2D eigenvalue weighted by Gasteiger charge is -2.25. The normalized spacial score (nSPS) is 16.6. The van der Waals surface area contributed by atoms with Gasteiger partial charge in [-0.2, -0.15) is 15.6 Å². The highest BCUT2D eigenvalue weighted by Crippen LogP contribution is 2.32. The van der Waals surface area contributed by atoms with Crippen molar-refractivity contribution in [3.05, 3.63) is 41.7 Å². The van der Waals surface area contributed by atoms with Gasteiger partial charge in [-0.05, 0) is 25.0 Å². The van der Waals surface area contributed by atoms with Crippen LogP contribution in [0.15, 0.2) is 24.5 Å². The summed E-state index contributed by atoms with van der Waals surface area (Å²) in [4.78, 5) is 11.9. The van der Waals surface area contributed by atoms with E-state index < -0.39 is 0 Å². The first kappa shape index (κ1) is 13.8. The van der Waals surface area contributed by atoms with Gasteiger partial charge in [0, 0.05) is 17.3 Å². The number of H-pyrrole nitrogens is 1. The van der Waals surface area contributed by atoms with Crippen molar-refractivity contribution in [3.63, 3.8) is 0 Å². The van der Waals surface area contributed by atoms with E-state index >= 15 is 0 Å². The molecular weight excluding hydrogens is 316 g/mol. The van der Waals surface area contributed by atoms with Gasteiger partial charge in [0.25, 0.3) is 0 Å². The van der Waals surface area contributed by atoms with Crippen LogP contribution in [0.5, 0.6) is 0 Å². The van der Waals surface area contributed by atoms with Crippen molar-refractivity contribution >= 4 is 22.1 Å². The molecule has 120 valence electrons. The van der Waals surface area contributed by atoms with Gasteiger partial charge in [0.2, 0.25) is 5.82 Å². The summed E-state index contributed by atoms with van der Waals surface area (Å²) in [6, 6.07) is 8.15. The minimum atomic E-state index is 0.0547. The maximum absolute atomic E-state index is 9.58. The minimum Gasteiger partial charge on any atom is -0.346 e. The van der Waals surface area contributed by atoms with Gasteiger partial charge in [-0.25, -0.2) is 9.97 Å². The quantitative estimate of drug-likeness (QED) is 0.574. The lowest BCUT2D eigenvalue weighted by atomic mass is 10.0. The van der Waals surface area contributed by atoms with Crippen LogP contribution in [0.2, 0.25) is 0 Å². The van der Waals surface area contributed by atoms with E-state index in [4.69, 9.17) is 5.26 Å². The van der Waals surface area contributed by atoms with Gasteiger partial charge in [-0.15, -0.1) is 0 Å². The van der Waals surface area contributed by atoms with Crippen molar-refractivity contribution in [1.29, 1.82) is 10.5 Å². The SMILES string of the molecule is N#Cc1cc2n(n1)C[C@H](n1c(C#N)nc3cnc4[nH]ccc4c31)CC2. The van der Waals surface area contributed by atoms with Crippen LogP contribution in [0.3, 0.4) is 0 Å². The molecule has 0 radical (unpaired) electrons. The number of aryl methyl sites for hydroxylation is 1. The monoisotopic (exact) mass is 328 g/mol. The largest absolute Gasteiger partial charge is 0.346 e. The van der Waals surface area contributed by atoms with Crippen molar-refractivity contribution in [2.75, 3.05) is 0 Å². The third-order valence-electron chi connectivity index (χ3n) is 4.79. The molecular formula is C17H12N8. The fourth-order valence-electron chi connectivity index (χ4n) is 3.71. The summed E-state index contributed by atoms with van der Waals surface area (Å²) in [5, 5.41) is 23.9. The van der Waals surface area contributed by atoms with Crippen LogP contribution in [0.4, 0.5) is 0 Å². The molecule has 1 atom stereocenters. The first-order valence-corrected chi connectivity index (χ1v) is 7.99. The second-order valence-corrected chi connectivity index (χ2v) is 6.16. The third-order valence-corrected chi connectivity index (χ3v) is 4.79. The lowest BCUT2D eigenvalue weighted by molar-refractivity contribution is 0.346. The molecule has 1 aliphatic rings. The second kappa shape index (κ2) is 4.92. The average Bonchev–Trinajstić information content (AvgIpc) is 3.34. The number of aromatic nitrogens is 6. The molecule has 1 N–H and O–H groups in total. The molecule has 8 nitrogen and oxygen atoms in total. The number of nitrogens with zero attached hydrogens (tertiary/aromatic N) is 7. The van der Waals surface area contributed by atoms with Crippen molar-refractivity contribution in [1.82, 2.24) is 29.3 Å². The highest BCUT2D eigenvalue weighted by Gasteiger charge is 2.26. The first-order chi connectivity index (χ1) is 12.3. The molecule has 0 fully saturated rings. The van der Waals surface area contributed by atoms with Crippen LogP contribution >= 0.6 is 0 Å². The molecule has 0 unspecified atom stereocenters. The van der Waals surface area contributed by atoms with E-state index in [2.05, 4.69) is 32.2 Å². The van der Waals surface area contributed by atoms with Crippen molar-refractivity contribution in [2.45, 2.75) is 25.4 Å². The van der Waals surface area contributed by atoms with Gasteiger partial charge in [-0.1, -0.05) is 0 Å². The van der Waals surface area contributed by atoms with Crippen LogP contribution in [-0.2, 0) is 13.0 Å². The fraction of sp³-hybridized carbons (Fsp3) is 0.235. The Labute approximate surface area is 141 Å². The van der Waals surface area contributed by atoms with Crippen LogP contribution < -0.4 is 0 Å². The summed E-state index contributed by atoms with van der Waals surface area (Å²) in [6.45, 7) is 0.616. The number of nitrogens with one attached hydrogen (secondary N) is 1. The smallest absolute Gasteiger partial charge is 0.214 e. The van der Waals surface area contributed by atoms with E-state index in [0.717, 1.165) is 35.1 Å². The predicted molar refractivity (Wildman–Crippen MR) is 88.4 cm³/mol. The molecule has 0 aromatic carbocycles. The van der Waals surface area contributed by atoms with E-state index in [1.54, 1.807) is 6.20 Å². The molecule has 5 rings (SSSR count). The minimum absolute atomic E-state index is 0.0547. The topological polar surface area (TPSA) is 112 Å². The Morgan fingerprint density at radius 2 is 2.20 bits per heavy atom. The molecule has 1 aliphatic heterocycles. The van der Waals surface area contributed by atoms with Crippen LogP contribution in [0.1, 0.15) is 29.7 Å². The van der Waals surface area contributed by atoms with Crippen LogP contribution in [0, 0.1) is 22.7 Å². The highest BCUT2D eigenvalue weighted by atomic mass is 15.3. The van der Waals surface area contributed by atoms with Crippen molar-refractivity contribution in [3.8, 4) is 12.1 Å². The molecule has 0 saturated carbocycles. The summed E-state index contributed by atoms with van der Waals surface area (Å²) >= 11 is 0. The van der Waals surface area contributed by atoms with Crippen molar-refractivity contribution < 1.29 is 0 Å². The standard InChI is InChI=1S/C17H12N8/c18-6-10-5-11-1-2-12(9-24(11)23-10)25-15(7-19)22-14-8-21-17-13(16(14)25)3-4-20-17/h3-5,8,12H,1-2,9H2,(H,20,21)/t12-/m1/s1. The van der Waals surface area contributed by atoms with Crippen molar-refractivity contribution in [2.24, 2.45) is 0 Å². The number of rotatable bonds is 1. The summed E-state index contributed by atoms with van der Waals surface area (Å²) in [5.41, 5.74) is 3.91. The van der Waals surface area contributed by atoms with E-state index in [0.29, 0.717) is 23.6 Å². The maximum Gasteiger partial charge on any atom is 0.214 e. The number of aromatic amines is 1. The zero-order chi connectivity index (χ0) is 17.0. The Morgan fingerprint density at radius 1 is 1.28 bits per heavy atom. The van der Waals surface area contributed by atoms with Gasteiger partial charge in [-0.3, -0.25) is 4.68 Å². The lowest BCUT2D eigenvalue weighted by Crippen LogP contribution is -2.24. The molecule has 4 aromatic rings. The molecule has 4 aromatic heterocycles. The molecule has 0 spiro atoms. The molecule has 5 heterocycles. The van der Waals surface area contributed by atoms with Crippen LogP contribution in [-0.4, -0.2) is 29.3 Å². The zero-order valence-corrected chi connectivity index (χ0v) is 13.1. The average molecular weight is 328 g/mol. The third kappa shape index (κ3) is 1.88. The summed E-state index contributed by atoms with van der Waals surface area (Å²) in [5.74, 6) is 0.381. The number of hydrogen-bond donors (Lipinski definition) is 1. The molecule has 25 heavy (non-hydrogen) atoms. The number of fused-ring (bicyclic) bond motifs is 4. The van der Waals surface area contributed by atoms with Crippen LogP contribution in [0.25, 0.3) is 22.1 Å². The molecule has 8 heteroatoms.